The van der Waals surface area contributed by atoms with Crippen molar-refractivity contribution in [2.24, 2.45) is 0 Å². The predicted octanol–water partition coefficient (Wildman–Crippen LogP) is 1.95. The van der Waals surface area contributed by atoms with E-state index in [2.05, 4.69) is 0 Å². The van der Waals surface area contributed by atoms with E-state index in [-0.39, 0.29) is 17.1 Å². The molecule has 20 heavy (non-hydrogen) atoms. The molecule has 5 heteroatoms. The number of nitrogen functional groups attached to an aromatic ring is 1. The van der Waals surface area contributed by atoms with Gasteiger partial charge in [0.25, 0.3) is 5.91 Å². The average molecular weight is 272 g/mol. The number of carbonyl (C=O) groups is 1. The number of aromatic hydroxyl groups is 2. The highest BCUT2D eigenvalue weighted by Gasteiger charge is 2.19. The number of rotatable bonds is 3. The number of nitrogens with two attached hydrogens (primary N) is 1. The van der Waals surface area contributed by atoms with Gasteiger partial charge in [0.05, 0.1) is 0 Å². The number of amides is 1. The maximum atomic E-state index is 12.3. The van der Waals surface area contributed by atoms with E-state index < -0.39 is 5.91 Å². The summed E-state index contributed by atoms with van der Waals surface area (Å²) in [7, 11) is 1.59. The van der Waals surface area contributed by atoms with E-state index in [0.29, 0.717) is 12.2 Å². The van der Waals surface area contributed by atoms with E-state index in [1.54, 1.807) is 25.2 Å². The van der Waals surface area contributed by atoms with E-state index in [4.69, 9.17) is 5.73 Å². The van der Waals surface area contributed by atoms with Gasteiger partial charge in [-0.15, -0.1) is 0 Å². The molecule has 0 bridgehead atoms. The second-order valence-corrected chi connectivity index (χ2v) is 4.58. The van der Waals surface area contributed by atoms with Gasteiger partial charge in [-0.1, -0.05) is 18.2 Å². The molecule has 0 saturated heterocycles. The number of hydrogen-bond donors (Lipinski definition) is 3. The summed E-state index contributed by atoms with van der Waals surface area (Å²) in [5.41, 5.74) is 7.08. The van der Waals surface area contributed by atoms with Crippen LogP contribution in [0.1, 0.15) is 15.9 Å². The zero-order valence-electron chi connectivity index (χ0n) is 11.1. The first kappa shape index (κ1) is 13.7. The molecule has 4 N–H and O–H groups in total. The Morgan fingerprint density at radius 1 is 1.15 bits per heavy atom. The molecule has 0 atom stereocenters. The van der Waals surface area contributed by atoms with E-state index in [1.807, 2.05) is 6.07 Å². The molecule has 0 fully saturated rings. The van der Waals surface area contributed by atoms with E-state index in [1.165, 1.54) is 23.1 Å². The van der Waals surface area contributed by atoms with Crippen LogP contribution in [-0.2, 0) is 6.54 Å². The lowest BCUT2D eigenvalue weighted by atomic mass is 10.1. The highest BCUT2D eigenvalue weighted by molar-refractivity contribution is 5.99. The SMILES string of the molecule is CN(Cc1cccc(N)c1)C(=O)c1c(O)cccc1O. The highest BCUT2D eigenvalue weighted by Crippen LogP contribution is 2.27. The smallest absolute Gasteiger partial charge is 0.261 e. The van der Waals surface area contributed by atoms with Gasteiger partial charge in [-0.2, -0.15) is 0 Å². The van der Waals surface area contributed by atoms with Gasteiger partial charge in [-0.05, 0) is 29.8 Å². The zero-order valence-corrected chi connectivity index (χ0v) is 11.1. The van der Waals surface area contributed by atoms with Crippen LogP contribution in [0.4, 0.5) is 5.69 Å². The second kappa shape index (κ2) is 5.52. The summed E-state index contributed by atoms with van der Waals surface area (Å²) in [6, 6.07) is 11.4. The van der Waals surface area contributed by atoms with Crippen molar-refractivity contribution in [3.8, 4) is 11.5 Å². The monoisotopic (exact) mass is 272 g/mol. The lowest BCUT2D eigenvalue weighted by molar-refractivity contribution is 0.0779. The van der Waals surface area contributed by atoms with Crippen LogP contribution in [0.3, 0.4) is 0 Å². The molecular formula is C15H16N2O3. The number of phenolic OH excluding ortho intramolecular Hbond substituents is 2. The normalized spacial score (nSPS) is 10.2. The maximum absolute atomic E-state index is 12.3. The van der Waals surface area contributed by atoms with Crippen LogP contribution in [0.5, 0.6) is 11.5 Å². The summed E-state index contributed by atoms with van der Waals surface area (Å²) in [4.78, 5) is 13.7. The van der Waals surface area contributed by atoms with Crippen LogP contribution in [-0.4, -0.2) is 28.1 Å². The molecule has 104 valence electrons. The van der Waals surface area contributed by atoms with Crippen molar-refractivity contribution in [2.45, 2.75) is 6.54 Å². The standard InChI is InChI=1S/C15H16N2O3/c1-17(9-10-4-2-5-11(16)8-10)15(20)14-12(18)6-3-7-13(14)19/h2-8,18-19H,9,16H2,1H3. The lowest BCUT2D eigenvalue weighted by Crippen LogP contribution is -2.26. The molecule has 0 spiro atoms. The van der Waals surface area contributed by atoms with Gasteiger partial charge in [0.2, 0.25) is 0 Å². The third-order valence-electron chi connectivity index (χ3n) is 2.95. The van der Waals surface area contributed by atoms with E-state index in [9.17, 15) is 15.0 Å². The Morgan fingerprint density at radius 3 is 2.35 bits per heavy atom. The van der Waals surface area contributed by atoms with Gasteiger partial charge < -0.3 is 20.8 Å². The molecule has 0 heterocycles. The molecule has 0 unspecified atom stereocenters. The van der Waals surface area contributed by atoms with Crippen molar-refractivity contribution in [2.75, 3.05) is 12.8 Å². The molecular weight excluding hydrogens is 256 g/mol. The van der Waals surface area contributed by atoms with Crippen molar-refractivity contribution in [1.29, 1.82) is 0 Å². The summed E-state index contributed by atoms with van der Waals surface area (Å²) < 4.78 is 0. The lowest BCUT2D eigenvalue weighted by Gasteiger charge is -2.18. The summed E-state index contributed by atoms with van der Waals surface area (Å²) in [6.45, 7) is 0.331. The minimum Gasteiger partial charge on any atom is -0.507 e. The number of carbonyl (C=O) groups excluding carboxylic acids is 1. The molecule has 2 aromatic rings. The van der Waals surface area contributed by atoms with Crippen molar-refractivity contribution in [3.05, 3.63) is 53.6 Å². The topological polar surface area (TPSA) is 86.8 Å². The fourth-order valence-electron chi connectivity index (χ4n) is 1.98. The summed E-state index contributed by atoms with van der Waals surface area (Å²) in [6.07, 6.45) is 0. The number of benzene rings is 2. The van der Waals surface area contributed by atoms with Crippen molar-refractivity contribution in [3.63, 3.8) is 0 Å². The quantitative estimate of drug-likeness (QED) is 0.745. The fourth-order valence-corrected chi connectivity index (χ4v) is 1.98. The van der Waals surface area contributed by atoms with Gasteiger partial charge in [-0.25, -0.2) is 0 Å². The van der Waals surface area contributed by atoms with Gasteiger partial charge in [0, 0.05) is 19.3 Å². The van der Waals surface area contributed by atoms with Gasteiger partial charge >= 0.3 is 0 Å². The Balaban J connectivity index is 2.21. The van der Waals surface area contributed by atoms with Crippen LogP contribution in [0.2, 0.25) is 0 Å². The molecule has 2 rings (SSSR count). The molecule has 5 nitrogen and oxygen atoms in total. The summed E-state index contributed by atoms with van der Waals surface area (Å²) in [5.74, 6) is -0.938. The molecule has 0 radical (unpaired) electrons. The Kier molecular flexibility index (Phi) is 3.79. The van der Waals surface area contributed by atoms with E-state index in [0.717, 1.165) is 5.56 Å². The maximum Gasteiger partial charge on any atom is 0.261 e. The highest BCUT2D eigenvalue weighted by atomic mass is 16.3. The molecule has 0 saturated carbocycles. The first-order chi connectivity index (χ1) is 9.49. The molecule has 1 amide bonds. The third kappa shape index (κ3) is 2.83. The van der Waals surface area contributed by atoms with Crippen LogP contribution in [0.25, 0.3) is 0 Å². The van der Waals surface area contributed by atoms with Crippen LogP contribution >= 0.6 is 0 Å². The van der Waals surface area contributed by atoms with Crippen LogP contribution in [0.15, 0.2) is 42.5 Å². The average Bonchev–Trinajstić information content (AvgIpc) is 2.38. The summed E-state index contributed by atoms with van der Waals surface area (Å²) >= 11 is 0. The van der Waals surface area contributed by atoms with Crippen molar-refractivity contribution >= 4 is 11.6 Å². The predicted molar refractivity (Wildman–Crippen MR) is 76.4 cm³/mol. The number of anilines is 1. The van der Waals surface area contributed by atoms with Crippen LogP contribution < -0.4 is 5.73 Å². The second-order valence-electron chi connectivity index (χ2n) is 4.58. The van der Waals surface area contributed by atoms with E-state index >= 15 is 0 Å². The fraction of sp³-hybridized carbons (Fsp3) is 0.133. The van der Waals surface area contributed by atoms with Crippen molar-refractivity contribution in [1.82, 2.24) is 4.90 Å². The minimum absolute atomic E-state index is 0.0982. The first-order valence-corrected chi connectivity index (χ1v) is 6.10. The number of phenols is 2. The van der Waals surface area contributed by atoms with Crippen LogP contribution in [0, 0.1) is 0 Å². The molecule has 2 aromatic carbocycles. The zero-order chi connectivity index (χ0) is 14.7. The minimum atomic E-state index is -0.456. The largest absolute Gasteiger partial charge is 0.507 e. The Hall–Kier alpha value is -2.69. The Labute approximate surface area is 116 Å². The Bertz CT molecular complexity index is 621. The van der Waals surface area contributed by atoms with Gasteiger partial charge in [0.15, 0.2) is 0 Å². The molecule has 0 aliphatic heterocycles. The third-order valence-corrected chi connectivity index (χ3v) is 2.95. The van der Waals surface area contributed by atoms with Gasteiger partial charge in [-0.3, -0.25) is 4.79 Å². The summed E-state index contributed by atoms with van der Waals surface area (Å²) in [5, 5.41) is 19.4. The Morgan fingerprint density at radius 2 is 1.75 bits per heavy atom. The molecule has 0 aliphatic rings. The number of nitrogens with zero attached hydrogens (tertiary/aromatic N) is 1. The van der Waals surface area contributed by atoms with Gasteiger partial charge in [0.1, 0.15) is 17.1 Å². The molecule has 0 aromatic heterocycles. The molecule has 0 aliphatic carbocycles. The number of hydrogen-bond acceptors (Lipinski definition) is 4. The van der Waals surface area contributed by atoms with Crippen molar-refractivity contribution < 1.29 is 15.0 Å². The first-order valence-electron chi connectivity index (χ1n) is 6.10.